The Morgan fingerprint density at radius 2 is 2.44 bits per heavy atom. The fraction of sp³-hybridized carbons (Fsp3) is 0.500. The molecule has 0 radical (unpaired) electrons. The predicted octanol–water partition coefficient (Wildman–Crippen LogP) is 1.74. The van der Waals surface area contributed by atoms with E-state index in [0.29, 0.717) is 6.54 Å². The lowest BCUT2D eigenvalue weighted by Gasteiger charge is -2.12. The summed E-state index contributed by atoms with van der Waals surface area (Å²) in [6.45, 7) is 0.816. The number of carboxylic acids is 1. The zero-order valence-corrected chi connectivity index (χ0v) is 11.3. The third-order valence-corrected chi connectivity index (χ3v) is 3.71. The van der Waals surface area contributed by atoms with E-state index >= 15 is 0 Å². The summed E-state index contributed by atoms with van der Waals surface area (Å²) in [5, 5.41) is 11.8. The highest BCUT2D eigenvalue weighted by Crippen LogP contribution is 2.22. The van der Waals surface area contributed by atoms with Crippen molar-refractivity contribution in [1.82, 2.24) is 5.32 Å². The van der Waals surface area contributed by atoms with Crippen molar-refractivity contribution >= 4 is 33.2 Å². The number of rotatable bonds is 7. The zero-order chi connectivity index (χ0) is 12.0. The molecule has 2 N–H and O–H groups in total. The molecule has 16 heavy (non-hydrogen) atoms. The summed E-state index contributed by atoms with van der Waals surface area (Å²) in [5.74, 6) is -0.880. The molecule has 0 aliphatic rings. The van der Waals surface area contributed by atoms with Crippen LogP contribution in [0.2, 0.25) is 0 Å². The summed E-state index contributed by atoms with van der Waals surface area (Å²) in [5.41, 5.74) is 0. The Bertz CT molecular complexity index is 343. The molecule has 1 atom stereocenters. The van der Waals surface area contributed by atoms with Crippen molar-refractivity contribution < 1.29 is 14.6 Å². The molecule has 1 rings (SSSR count). The van der Waals surface area contributed by atoms with E-state index in [-0.39, 0.29) is 6.61 Å². The Morgan fingerprint density at radius 3 is 2.94 bits per heavy atom. The van der Waals surface area contributed by atoms with Crippen LogP contribution in [0, 0.1) is 0 Å². The van der Waals surface area contributed by atoms with Gasteiger partial charge in [0.15, 0.2) is 0 Å². The third-order valence-electron chi connectivity index (χ3n) is 2.02. The van der Waals surface area contributed by atoms with E-state index in [2.05, 4.69) is 21.2 Å². The van der Waals surface area contributed by atoms with E-state index in [1.807, 2.05) is 12.1 Å². The fourth-order valence-electron chi connectivity index (χ4n) is 1.24. The van der Waals surface area contributed by atoms with E-state index in [1.165, 1.54) is 12.0 Å². The molecule has 4 nitrogen and oxygen atoms in total. The number of halogens is 1. The van der Waals surface area contributed by atoms with Gasteiger partial charge in [0, 0.05) is 18.5 Å². The van der Waals surface area contributed by atoms with Crippen molar-refractivity contribution in [3.05, 3.63) is 20.8 Å². The minimum Gasteiger partial charge on any atom is -0.480 e. The van der Waals surface area contributed by atoms with Gasteiger partial charge in [-0.2, -0.15) is 0 Å². The maximum absolute atomic E-state index is 10.8. The molecule has 1 heterocycles. The predicted molar refractivity (Wildman–Crippen MR) is 67.0 cm³/mol. The second kappa shape index (κ2) is 7.01. The number of hydrogen-bond donors (Lipinski definition) is 2. The van der Waals surface area contributed by atoms with Crippen LogP contribution in [0.5, 0.6) is 0 Å². The van der Waals surface area contributed by atoms with Crippen molar-refractivity contribution in [3.8, 4) is 0 Å². The molecule has 90 valence electrons. The van der Waals surface area contributed by atoms with Gasteiger partial charge in [-0.05, 0) is 34.5 Å². The van der Waals surface area contributed by atoms with Crippen LogP contribution >= 0.6 is 27.3 Å². The van der Waals surface area contributed by atoms with Gasteiger partial charge in [0.1, 0.15) is 6.04 Å². The van der Waals surface area contributed by atoms with Crippen LogP contribution in [0.4, 0.5) is 0 Å². The quantitative estimate of drug-likeness (QED) is 0.805. The Balaban J connectivity index is 2.30. The lowest BCUT2D eigenvalue weighted by Crippen LogP contribution is -2.41. The Morgan fingerprint density at radius 1 is 1.69 bits per heavy atom. The lowest BCUT2D eigenvalue weighted by molar-refractivity contribution is -0.140. The second-order valence-electron chi connectivity index (χ2n) is 3.26. The number of carboxylic acid groups (broad SMARTS) is 1. The Hall–Kier alpha value is -0.430. The number of aliphatic carboxylic acids is 1. The highest BCUT2D eigenvalue weighted by atomic mass is 79.9. The van der Waals surface area contributed by atoms with Gasteiger partial charge in [0.25, 0.3) is 0 Å². The standard InChI is InChI=1S/C10H14BrNO3S/c1-15-6-8(10(13)14)12-5-4-7-2-3-9(11)16-7/h2-3,8,12H,4-6H2,1H3,(H,13,14). The average molecular weight is 308 g/mol. The Kier molecular flexibility index (Phi) is 5.97. The van der Waals surface area contributed by atoms with E-state index in [1.54, 1.807) is 11.3 Å². The molecule has 0 aliphatic carbocycles. The smallest absolute Gasteiger partial charge is 0.323 e. The van der Waals surface area contributed by atoms with Gasteiger partial charge in [-0.1, -0.05) is 0 Å². The van der Waals surface area contributed by atoms with Gasteiger partial charge in [0.05, 0.1) is 10.4 Å². The number of methoxy groups -OCH3 is 1. The first-order valence-corrected chi connectivity index (χ1v) is 6.43. The molecule has 6 heteroatoms. The summed E-state index contributed by atoms with van der Waals surface area (Å²) in [6.07, 6.45) is 0.823. The number of carbonyl (C=O) groups is 1. The molecule has 0 bridgehead atoms. The van der Waals surface area contributed by atoms with Gasteiger partial charge in [0.2, 0.25) is 0 Å². The first-order valence-electron chi connectivity index (χ1n) is 4.83. The molecule has 0 fully saturated rings. The summed E-state index contributed by atoms with van der Waals surface area (Å²) >= 11 is 5.04. The number of ether oxygens (including phenoxy) is 1. The van der Waals surface area contributed by atoms with Gasteiger partial charge in [-0.3, -0.25) is 4.79 Å². The number of thiophene rings is 1. The van der Waals surface area contributed by atoms with Crippen molar-refractivity contribution in [2.75, 3.05) is 20.3 Å². The van der Waals surface area contributed by atoms with E-state index < -0.39 is 12.0 Å². The van der Waals surface area contributed by atoms with Crippen LogP contribution in [0.3, 0.4) is 0 Å². The van der Waals surface area contributed by atoms with E-state index in [0.717, 1.165) is 10.2 Å². The van der Waals surface area contributed by atoms with Crippen LogP contribution in [0.1, 0.15) is 4.88 Å². The van der Waals surface area contributed by atoms with E-state index in [4.69, 9.17) is 9.84 Å². The molecule has 0 amide bonds. The van der Waals surface area contributed by atoms with Crippen LogP contribution in [-0.2, 0) is 16.0 Å². The summed E-state index contributed by atoms with van der Waals surface area (Å²) < 4.78 is 5.92. The molecule has 1 aromatic heterocycles. The Labute approximate surface area is 107 Å². The summed E-state index contributed by atoms with van der Waals surface area (Å²) in [7, 11) is 1.49. The van der Waals surface area contributed by atoms with Crippen molar-refractivity contribution in [2.45, 2.75) is 12.5 Å². The van der Waals surface area contributed by atoms with Crippen LogP contribution in [-0.4, -0.2) is 37.4 Å². The van der Waals surface area contributed by atoms with Crippen molar-refractivity contribution in [3.63, 3.8) is 0 Å². The molecular weight excluding hydrogens is 294 g/mol. The van der Waals surface area contributed by atoms with Gasteiger partial charge < -0.3 is 15.2 Å². The molecule has 1 aromatic rings. The number of hydrogen-bond acceptors (Lipinski definition) is 4. The largest absolute Gasteiger partial charge is 0.480 e. The molecule has 0 aromatic carbocycles. The molecule has 0 saturated heterocycles. The summed E-state index contributed by atoms with van der Waals surface area (Å²) in [6, 6.07) is 3.39. The van der Waals surface area contributed by atoms with Crippen LogP contribution < -0.4 is 5.32 Å². The highest BCUT2D eigenvalue weighted by Gasteiger charge is 2.15. The van der Waals surface area contributed by atoms with Gasteiger partial charge >= 0.3 is 5.97 Å². The zero-order valence-electron chi connectivity index (χ0n) is 8.90. The maximum Gasteiger partial charge on any atom is 0.323 e. The maximum atomic E-state index is 10.8. The van der Waals surface area contributed by atoms with E-state index in [9.17, 15) is 4.79 Å². The topological polar surface area (TPSA) is 58.6 Å². The van der Waals surface area contributed by atoms with Crippen LogP contribution in [0.25, 0.3) is 0 Å². The monoisotopic (exact) mass is 307 g/mol. The number of nitrogens with one attached hydrogen (secondary N) is 1. The van der Waals surface area contributed by atoms with Crippen LogP contribution in [0.15, 0.2) is 15.9 Å². The molecule has 0 saturated carbocycles. The second-order valence-corrected chi connectivity index (χ2v) is 5.80. The molecule has 0 aliphatic heterocycles. The first kappa shape index (κ1) is 13.6. The normalized spacial score (nSPS) is 12.6. The highest BCUT2D eigenvalue weighted by molar-refractivity contribution is 9.11. The molecular formula is C10H14BrNO3S. The summed E-state index contributed by atoms with van der Waals surface area (Å²) in [4.78, 5) is 12.0. The first-order chi connectivity index (χ1) is 7.63. The fourth-order valence-corrected chi connectivity index (χ4v) is 2.72. The minimum atomic E-state index is -0.880. The molecule has 0 spiro atoms. The molecule has 1 unspecified atom stereocenters. The SMILES string of the molecule is COCC(NCCc1ccc(Br)s1)C(=O)O. The van der Waals surface area contributed by atoms with Gasteiger partial charge in [-0.25, -0.2) is 0 Å². The van der Waals surface area contributed by atoms with Gasteiger partial charge in [-0.15, -0.1) is 11.3 Å². The third kappa shape index (κ3) is 4.61. The lowest BCUT2D eigenvalue weighted by atomic mass is 10.3. The average Bonchev–Trinajstić information content (AvgIpc) is 2.63. The van der Waals surface area contributed by atoms with Crippen molar-refractivity contribution in [1.29, 1.82) is 0 Å². The van der Waals surface area contributed by atoms with Crippen molar-refractivity contribution in [2.24, 2.45) is 0 Å². The minimum absolute atomic E-state index is 0.184.